The minimum Gasteiger partial charge on any atom is -0.408 e. The number of aromatic amines is 1. The molecule has 106 valence electrons. The molecule has 2 aliphatic rings. The molecule has 1 saturated carbocycles. The van der Waals surface area contributed by atoms with Crippen LogP contribution in [0.3, 0.4) is 0 Å². The van der Waals surface area contributed by atoms with Crippen LogP contribution in [0.4, 0.5) is 5.69 Å². The average molecular weight is 274 g/mol. The zero-order chi connectivity index (χ0) is 13.9. The summed E-state index contributed by atoms with van der Waals surface area (Å²) in [6, 6.07) is 6.12. The Kier molecular flexibility index (Phi) is 2.33. The molecule has 1 aliphatic carbocycles. The Bertz CT molecular complexity index is 715. The summed E-state index contributed by atoms with van der Waals surface area (Å²) in [6.45, 7) is 5.36. The fourth-order valence-corrected chi connectivity index (χ4v) is 3.84. The van der Waals surface area contributed by atoms with Crippen LogP contribution in [0.2, 0.25) is 0 Å². The standard InChI is InChI=1S/C15H18N2O3/c1-15(2)12(9-5-6-19-13(9)15)16-8-3-4-11-10(7-8)17-14(18)20-11/h3-4,7,9,12-13,16H,5-6H2,1-2H3,(H,17,18). The molecule has 0 bridgehead atoms. The molecular formula is C15H18N2O3. The molecule has 5 heteroatoms. The lowest BCUT2D eigenvalue weighted by Crippen LogP contribution is -2.63. The van der Waals surface area contributed by atoms with Gasteiger partial charge >= 0.3 is 5.76 Å². The van der Waals surface area contributed by atoms with Gasteiger partial charge in [-0.2, -0.15) is 0 Å². The summed E-state index contributed by atoms with van der Waals surface area (Å²) < 4.78 is 10.8. The molecule has 1 saturated heterocycles. The van der Waals surface area contributed by atoms with Crippen molar-refractivity contribution in [2.75, 3.05) is 11.9 Å². The van der Waals surface area contributed by atoms with Crippen LogP contribution >= 0.6 is 0 Å². The lowest BCUT2D eigenvalue weighted by molar-refractivity contribution is -0.0923. The normalized spacial score (nSPS) is 31.0. The number of hydrogen-bond donors (Lipinski definition) is 2. The van der Waals surface area contributed by atoms with Crippen LogP contribution in [0, 0.1) is 11.3 Å². The largest absolute Gasteiger partial charge is 0.417 e. The first kappa shape index (κ1) is 12.0. The van der Waals surface area contributed by atoms with Crippen molar-refractivity contribution in [1.82, 2.24) is 4.98 Å². The van der Waals surface area contributed by atoms with Crippen molar-refractivity contribution in [2.45, 2.75) is 32.4 Å². The number of fused-ring (bicyclic) bond motifs is 2. The summed E-state index contributed by atoms with van der Waals surface area (Å²) in [4.78, 5) is 13.9. The van der Waals surface area contributed by atoms with E-state index in [1.54, 1.807) is 0 Å². The first-order chi connectivity index (χ1) is 9.55. The number of rotatable bonds is 2. The molecule has 0 amide bonds. The van der Waals surface area contributed by atoms with Crippen molar-refractivity contribution in [3.8, 4) is 0 Å². The van der Waals surface area contributed by atoms with Crippen molar-refractivity contribution in [3.63, 3.8) is 0 Å². The lowest BCUT2D eigenvalue weighted by Gasteiger charge is -2.55. The third-order valence-electron chi connectivity index (χ3n) is 4.84. The van der Waals surface area contributed by atoms with E-state index in [0.717, 1.165) is 24.2 Å². The highest BCUT2D eigenvalue weighted by Crippen LogP contribution is 2.53. The van der Waals surface area contributed by atoms with Crippen LogP contribution in [-0.2, 0) is 4.74 Å². The maximum atomic E-state index is 11.2. The first-order valence-electron chi connectivity index (χ1n) is 7.07. The second-order valence-corrected chi connectivity index (χ2v) is 6.41. The van der Waals surface area contributed by atoms with E-state index in [1.807, 2.05) is 18.2 Å². The maximum absolute atomic E-state index is 11.2. The van der Waals surface area contributed by atoms with Gasteiger partial charge in [0.1, 0.15) is 0 Å². The number of benzene rings is 1. The Morgan fingerprint density at radius 3 is 3.10 bits per heavy atom. The van der Waals surface area contributed by atoms with Crippen molar-refractivity contribution >= 4 is 16.8 Å². The monoisotopic (exact) mass is 274 g/mol. The number of ether oxygens (including phenoxy) is 1. The third-order valence-corrected chi connectivity index (χ3v) is 4.84. The van der Waals surface area contributed by atoms with E-state index in [4.69, 9.17) is 9.15 Å². The van der Waals surface area contributed by atoms with E-state index in [9.17, 15) is 4.79 Å². The van der Waals surface area contributed by atoms with E-state index >= 15 is 0 Å². The fraction of sp³-hybridized carbons (Fsp3) is 0.533. The number of oxazole rings is 1. The van der Waals surface area contributed by atoms with Gasteiger partial charge in [0.2, 0.25) is 0 Å². The summed E-state index contributed by atoms with van der Waals surface area (Å²) in [5.41, 5.74) is 2.48. The molecule has 3 unspecified atom stereocenters. The smallest absolute Gasteiger partial charge is 0.408 e. The Balaban J connectivity index is 1.62. The van der Waals surface area contributed by atoms with Gasteiger partial charge in [0.15, 0.2) is 5.58 Å². The zero-order valence-corrected chi connectivity index (χ0v) is 11.6. The molecule has 1 aliphatic heterocycles. The molecule has 0 radical (unpaired) electrons. The summed E-state index contributed by atoms with van der Waals surface area (Å²) in [5, 5.41) is 3.60. The zero-order valence-electron chi connectivity index (χ0n) is 11.6. The van der Waals surface area contributed by atoms with Gasteiger partial charge in [-0.1, -0.05) is 13.8 Å². The third kappa shape index (κ3) is 1.56. The van der Waals surface area contributed by atoms with Gasteiger partial charge in [0.05, 0.1) is 11.6 Å². The van der Waals surface area contributed by atoms with Gasteiger partial charge < -0.3 is 14.5 Å². The predicted octanol–water partition coefficient (Wildman–Crippen LogP) is 2.35. The van der Waals surface area contributed by atoms with Gasteiger partial charge in [0.25, 0.3) is 0 Å². The topological polar surface area (TPSA) is 67.3 Å². The quantitative estimate of drug-likeness (QED) is 0.882. The van der Waals surface area contributed by atoms with Gasteiger partial charge in [-0.25, -0.2) is 4.79 Å². The van der Waals surface area contributed by atoms with Crippen LogP contribution in [-0.4, -0.2) is 23.7 Å². The van der Waals surface area contributed by atoms with Gasteiger partial charge in [-0.05, 0) is 24.6 Å². The highest BCUT2D eigenvalue weighted by molar-refractivity contribution is 5.77. The highest BCUT2D eigenvalue weighted by Gasteiger charge is 2.59. The number of nitrogens with one attached hydrogen (secondary N) is 2. The molecule has 4 rings (SSSR count). The number of hydrogen-bond acceptors (Lipinski definition) is 4. The number of H-pyrrole nitrogens is 1. The van der Waals surface area contributed by atoms with Crippen molar-refractivity contribution in [3.05, 3.63) is 28.7 Å². The Hall–Kier alpha value is -1.75. The SMILES string of the molecule is CC1(C)C(Nc2ccc3oc(=O)[nH]c3c2)C2CCOC21. The van der Waals surface area contributed by atoms with Crippen LogP contribution in [0.1, 0.15) is 20.3 Å². The predicted molar refractivity (Wildman–Crippen MR) is 75.9 cm³/mol. The molecule has 1 aromatic heterocycles. The minimum absolute atomic E-state index is 0.139. The van der Waals surface area contributed by atoms with E-state index in [0.29, 0.717) is 23.6 Å². The van der Waals surface area contributed by atoms with Gasteiger partial charge in [0, 0.05) is 29.7 Å². The Morgan fingerprint density at radius 2 is 2.25 bits per heavy atom. The second kappa shape index (κ2) is 3.88. The summed E-state index contributed by atoms with van der Waals surface area (Å²) >= 11 is 0. The second-order valence-electron chi connectivity index (χ2n) is 6.41. The van der Waals surface area contributed by atoms with Crippen LogP contribution < -0.4 is 11.1 Å². The average Bonchev–Trinajstić information content (AvgIpc) is 2.99. The molecule has 1 aromatic carbocycles. The van der Waals surface area contributed by atoms with Crippen LogP contribution in [0.25, 0.3) is 11.1 Å². The molecule has 3 atom stereocenters. The van der Waals surface area contributed by atoms with Gasteiger partial charge in [-0.15, -0.1) is 0 Å². The summed E-state index contributed by atoms with van der Waals surface area (Å²) in [5.74, 6) is 0.175. The van der Waals surface area contributed by atoms with E-state index in [1.165, 1.54) is 0 Å². The molecule has 20 heavy (non-hydrogen) atoms. The van der Waals surface area contributed by atoms with Crippen LogP contribution in [0.15, 0.2) is 27.4 Å². The molecular weight excluding hydrogens is 256 g/mol. The summed E-state index contributed by atoms with van der Waals surface area (Å²) in [7, 11) is 0. The number of aromatic nitrogens is 1. The van der Waals surface area contributed by atoms with E-state index < -0.39 is 5.76 Å². The number of anilines is 1. The van der Waals surface area contributed by atoms with Crippen LogP contribution in [0.5, 0.6) is 0 Å². The fourth-order valence-electron chi connectivity index (χ4n) is 3.84. The minimum atomic E-state index is -0.412. The van der Waals surface area contributed by atoms with E-state index in [2.05, 4.69) is 24.1 Å². The molecule has 2 N–H and O–H groups in total. The van der Waals surface area contributed by atoms with Crippen molar-refractivity contribution in [2.24, 2.45) is 11.3 Å². The molecule has 5 nitrogen and oxygen atoms in total. The molecule has 2 heterocycles. The van der Waals surface area contributed by atoms with E-state index in [-0.39, 0.29) is 5.41 Å². The van der Waals surface area contributed by atoms with Gasteiger partial charge in [-0.3, -0.25) is 4.98 Å². The Morgan fingerprint density at radius 1 is 1.40 bits per heavy atom. The molecule has 2 aromatic rings. The first-order valence-corrected chi connectivity index (χ1v) is 7.07. The summed E-state index contributed by atoms with van der Waals surface area (Å²) in [6.07, 6.45) is 1.49. The van der Waals surface area contributed by atoms with Crippen molar-refractivity contribution < 1.29 is 9.15 Å². The maximum Gasteiger partial charge on any atom is 0.417 e. The Labute approximate surface area is 116 Å². The molecule has 0 spiro atoms. The molecule has 2 fully saturated rings. The lowest BCUT2D eigenvalue weighted by atomic mass is 9.57. The highest BCUT2D eigenvalue weighted by atomic mass is 16.5. The van der Waals surface area contributed by atoms with Crippen molar-refractivity contribution in [1.29, 1.82) is 0 Å².